The highest BCUT2D eigenvalue weighted by Gasteiger charge is 2.23. The number of hydrogen-bond donors (Lipinski definition) is 2. The van der Waals surface area contributed by atoms with E-state index in [-0.39, 0.29) is 24.4 Å². The number of nitrogens with zero attached hydrogens (tertiary/aromatic N) is 3. The molecular formula is C30H32BrN5O2. The van der Waals surface area contributed by atoms with E-state index in [1.165, 1.54) is 4.90 Å². The van der Waals surface area contributed by atoms with Gasteiger partial charge in [-0.3, -0.25) is 4.79 Å². The number of carbonyl (C=O) groups is 2. The molecule has 0 fully saturated rings. The Balaban J connectivity index is 1.64. The summed E-state index contributed by atoms with van der Waals surface area (Å²) in [4.78, 5) is 28.2. The summed E-state index contributed by atoms with van der Waals surface area (Å²) in [5.74, 6) is 0.435. The number of carbonyl (C=O) groups excluding carboxylic acids is 2. The van der Waals surface area contributed by atoms with Crippen molar-refractivity contribution in [2.24, 2.45) is 5.92 Å². The molecule has 196 valence electrons. The lowest BCUT2D eigenvalue weighted by atomic mass is 10.1. The van der Waals surface area contributed by atoms with E-state index in [0.29, 0.717) is 18.1 Å². The second-order valence-corrected chi connectivity index (χ2v) is 10.5. The zero-order valence-corrected chi connectivity index (χ0v) is 23.6. The minimum Gasteiger partial charge on any atom is -0.315 e. The minimum atomic E-state index is -0.341. The van der Waals surface area contributed by atoms with Crippen LogP contribution in [0.2, 0.25) is 0 Å². The van der Waals surface area contributed by atoms with Crippen LogP contribution in [0.25, 0.3) is 16.8 Å². The first-order chi connectivity index (χ1) is 18.2. The van der Waals surface area contributed by atoms with Gasteiger partial charge in [-0.05, 0) is 65.5 Å². The van der Waals surface area contributed by atoms with Crippen LogP contribution >= 0.6 is 15.9 Å². The molecule has 8 heteroatoms. The van der Waals surface area contributed by atoms with Crippen LogP contribution < -0.4 is 10.6 Å². The summed E-state index contributed by atoms with van der Waals surface area (Å²) in [6.45, 7) is 8.30. The fourth-order valence-corrected chi connectivity index (χ4v) is 4.61. The van der Waals surface area contributed by atoms with Gasteiger partial charge in [0.1, 0.15) is 12.4 Å². The van der Waals surface area contributed by atoms with Crippen LogP contribution in [-0.2, 0) is 4.79 Å². The third kappa shape index (κ3) is 6.50. The van der Waals surface area contributed by atoms with E-state index < -0.39 is 0 Å². The van der Waals surface area contributed by atoms with Crippen molar-refractivity contribution in [3.8, 4) is 16.8 Å². The quantitative estimate of drug-likeness (QED) is 0.237. The van der Waals surface area contributed by atoms with Crippen LogP contribution in [0.4, 0.5) is 16.3 Å². The van der Waals surface area contributed by atoms with E-state index in [2.05, 4.69) is 26.6 Å². The van der Waals surface area contributed by atoms with Crippen LogP contribution in [0.15, 0.2) is 83.3 Å². The van der Waals surface area contributed by atoms with Gasteiger partial charge in [-0.25, -0.2) is 9.48 Å². The van der Waals surface area contributed by atoms with Crippen LogP contribution in [0.1, 0.15) is 25.1 Å². The maximum atomic E-state index is 13.5. The Kier molecular flexibility index (Phi) is 8.63. The topological polar surface area (TPSA) is 79.3 Å². The number of aryl methyl sites for hydroxylation is 2. The summed E-state index contributed by atoms with van der Waals surface area (Å²) in [6.07, 6.45) is 0. The zero-order chi connectivity index (χ0) is 27.2. The van der Waals surface area contributed by atoms with E-state index in [4.69, 9.17) is 5.10 Å². The zero-order valence-electron chi connectivity index (χ0n) is 22.0. The second-order valence-electron chi connectivity index (χ2n) is 9.65. The predicted octanol–water partition coefficient (Wildman–Crippen LogP) is 7.05. The van der Waals surface area contributed by atoms with E-state index in [0.717, 1.165) is 32.5 Å². The van der Waals surface area contributed by atoms with Crippen molar-refractivity contribution in [3.63, 3.8) is 0 Å². The first-order valence-electron chi connectivity index (χ1n) is 12.6. The first-order valence-corrected chi connectivity index (χ1v) is 13.3. The number of para-hydroxylation sites is 1. The molecule has 0 saturated carbocycles. The molecular weight excluding hydrogens is 542 g/mol. The number of nitrogens with one attached hydrogen (secondary N) is 2. The average molecular weight is 575 g/mol. The van der Waals surface area contributed by atoms with Gasteiger partial charge in [0.15, 0.2) is 0 Å². The van der Waals surface area contributed by atoms with Crippen molar-refractivity contribution in [2.75, 3.05) is 23.7 Å². The van der Waals surface area contributed by atoms with Crippen LogP contribution in [0.5, 0.6) is 0 Å². The van der Waals surface area contributed by atoms with Gasteiger partial charge in [0.2, 0.25) is 5.91 Å². The van der Waals surface area contributed by atoms with E-state index in [9.17, 15) is 9.59 Å². The normalized spacial score (nSPS) is 10.9. The lowest BCUT2D eigenvalue weighted by Crippen LogP contribution is -2.42. The Labute approximate surface area is 232 Å². The van der Waals surface area contributed by atoms with Gasteiger partial charge in [0.05, 0.1) is 17.1 Å². The molecule has 1 aromatic heterocycles. The first kappa shape index (κ1) is 27.1. The molecule has 0 aliphatic carbocycles. The molecule has 0 spiro atoms. The van der Waals surface area contributed by atoms with Crippen molar-refractivity contribution < 1.29 is 9.59 Å². The van der Waals surface area contributed by atoms with E-state index in [1.54, 1.807) is 4.68 Å². The highest BCUT2D eigenvalue weighted by atomic mass is 79.9. The Morgan fingerprint density at radius 1 is 0.921 bits per heavy atom. The molecule has 0 aliphatic heterocycles. The van der Waals surface area contributed by atoms with Gasteiger partial charge >= 0.3 is 6.03 Å². The fraction of sp³-hybridized carbons (Fsp3) is 0.233. The van der Waals surface area contributed by atoms with Gasteiger partial charge in [-0.1, -0.05) is 74.0 Å². The standard InChI is InChI=1S/C30H32BrN5O2/c1-20(2)18-35(30(38)32-26-13-9-8-12-25(26)31)19-27(37)33-29-28(23-10-6-5-7-11-23)22(4)34-36(29)24-16-14-21(3)15-17-24/h5-17,20H,18-19H2,1-4H3,(H,32,38)(H,33,37). The SMILES string of the molecule is Cc1ccc(-n2nc(C)c(-c3ccccc3)c2NC(=O)CN(CC(C)C)C(=O)Nc2ccccc2Br)cc1. The molecule has 7 nitrogen and oxygen atoms in total. The Bertz CT molecular complexity index is 1410. The van der Waals surface area contributed by atoms with Crippen molar-refractivity contribution in [2.45, 2.75) is 27.7 Å². The maximum Gasteiger partial charge on any atom is 0.322 e. The molecule has 0 unspecified atom stereocenters. The number of urea groups is 1. The van der Waals surface area contributed by atoms with Gasteiger partial charge in [-0.15, -0.1) is 0 Å². The number of aromatic nitrogens is 2. The second kappa shape index (κ2) is 12.1. The molecule has 0 saturated heterocycles. The molecule has 3 aromatic carbocycles. The van der Waals surface area contributed by atoms with Crippen molar-refractivity contribution in [1.82, 2.24) is 14.7 Å². The number of hydrogen-bond acceptors (Lipinski definition) is 3. The number of amides is 3. The molecule has 0 radical (unpaired) electrons. The fourth-order valence-electron chi connectivity index (χ4n) is 4.23. The van der Waals surface area contributed by atoms with Crippen molar-refractivity contribution in [1.29, 1.82) is 0 Å². The predicted molar refractivity (Wildman–Crippen MR) is 157 cm³/mol. The van der Waals surface area contributed by atoms with Crippen LogP contribution in [-0.4, -0.2) is 39.7 Å². The van der Waals surface area contributed by atoms with Gasteiger partial charge < -0.3 is 15.5 Å². The summed E-state index contributed by atoms with van der Waals surface area (Å²) in [7, 11) is 0. The van der Waals surface area contributed by atoms with Crippen LogP contribution in [0, 0.1) is 19.8 Å². The van der Waals surface area contributed by atoms with E-state index in [1.807, 2.05) is 107 Å². The third-order valence-corrected chi connectivity index (χ3v) is 6.67. The smallest absolute Gasteiger partial charge is 0.315 e. The van der Waals surface area contributed by atoms with Gasteiger partial charge in [0.25, 0.3) is 0 Å². The van der Waals surface area contributed by atoms with Crippen molar-refractivity contribution >= 4 is 39.4 Å². The van der Waals surface area contributed by atoms with E-state index >= 15 is 0 Å². The van der Waals surface area contributed by atoms with Crippen LogP contribution in [0.3, 0.4) is 0 Å². The Morgan fingerprint density at radius 2 is 1.58 bits per heavy atom. The van der Waals surface area contributed by atoms with Crippen molar-refractivity contribution in [3.05, 3.63) is 94.6 Å². The summed E-state index contributed by atoms with van der Waals surface area (Å²) in [6, 6.07) is 24.9. The Morgan fingerprint density at radius 3 is 2.24 bits per heavy atom. The molecule has 1 heterocycles. The summed E-state index contributed by atoms with van der Waals surface area (Å²) < 4.78 is 2.52. The molecule has 0 aliphatic rings. The Hall–Kier alpha value is -3.91. The summed E-state index contributed by atoms with van der Waals surface area (Å²) >= 11 is 3.46. The molecule has 0 atom stereocenters. The highest BCUT2D eigenvalue weighted by molar-refractivity contribution is 9.10. The number of halogens is 1. The summed E-state index contributed by atoms with van der Waals surface area (Å²) in [5, 5.41) is 10.8. The largest absolute Gasteiger partial charge is 0.322 e. The van der Waals surface area contributed by atoms with Gasteiger partial charge in [0, 0.05) is 16.6 Å². The molecule has 38 heavy (non-hydrogen) atoms. The molecule has 3 amide bonds. The number of benzene rings is 3. The molecule has 4 rings (SSSR count). The molecule has 0 bridgehead atoms. The highest BCUT2D eigenvalue weighted by Crippen LogP contribution is 2.33. The molecule has 4 aromatic rings. The lowest BCUT2D eigenvalue weighted by Gasteiger charge is -2.25. The molecule has 2 N–H and O–H groups in total. The third-order valence-electron chi connectivity index (χ3n) is 5.98. The summed E-state index contributed by atoms with van der Waals surface area (Å²) in [5.41, 5.74) is 5.19. The number of rotatable bonds is 8. The monoisotopic (exact) mass is 573 g/mol. The number of anilines is 2. The van der Waals surface area contributed by atoms with Gasteiger partial charge in [-0.2, -0.15) is 5.10 Å². The maximum absolute atomic E-state index is 13.5. The lowest BCUT2D eigenvalue weighted by molar-refractivity contribution is -0.116. The average Bonchev–Trinajstić information content (AvgIpc) is 3.21. The minimum absolute atomic E-state index is 0.110.